The third kappa shape index (κ3) is 4.20. The van der Waals surface area contributed by atoms with Crippen LogP contribution in [0.25, 0.3) is 5.65 Å². The number of rotatable bonds is 5. The monoisotopic (exact) mass is 306 g/mol. The molecule has 1 unspecified atom stereocenters. The molecule has 2 heterocycles. The van der Waals surface area contributed by atoms with E-state index in [-0.39, 0.29) is 6.04 Å². The van der Waals surface area contributed by atoms with Gasteiger partial charge in [0.05, 0.1) is 5.69 Å². The fourth-order valence-electron chi connectivity index (χ4n) is 2.34. The highest BCUT2D eigenvalue weighted by molar-refractivity contribution is 8.00. The zero-order valence-electron chi connectivity index (χ0n) is 13.9. The Hall–Kier alpha value is -1.07. The third-order valence-corrected chi connectivity index (χ3v) is 4.71. The molecule has 0 aromatic carbocycles. The van der Waals surface area contributed by atoms with Gasteiger partial charge in [-0.1, -0.05) is 20.8 Å². The first-order chi connectivity index (χ1) is 9.78. The molecule has 0 fully saturated rings. The molecule has 21 heavy (non-hydrogen) atoms. The van der Waals surface area contributed by atoms with Crippen molar-refractivity contribution in [2.45, 2.75) is 52.3 Å². The van der Waals surface area contributed by atoms with Crippen molar-refractivity contribution in [3.05, 3.63) is 29.2 Å². The molecule has 1 N–H and O–H groups in total. The largest absolute Gasteiger partial charge is 0.309 e. The molecule has 0 aliphatic heterocycles. The molecule has 4 nitrogen and oxygen atoms in total. The van der Waals surface area contributed by atoms with Gasteiger partial charge in [-0.15, -0.1) is 0 Å². The Kier molecular flexibility index (Phi) is 4.94. The van der Waals surface area contributed by atoms with Gasteiger partial charge < -0.3 is 5.32 Å². The Morgan fingerprint density at radius 2 is 2.05 bits per heavy atom. The summed E-state index contributed by atoms with van der Waals surface area (Å²) in [5, 5.41) is 8.09. The first kappa shape index (κ1) is 16.3. The Labute approximate surface area is 131 Å². The van der Waals surface area contributed by atoms with E-state index in [1.165, 1.54) is 5.56 Å². The Balaban J connectivity index is 2.02. The number of hydrogen-bond donors (Lipinski definition) is 1. The van der Waals surface area contributed by atoms with Crippen LogP contribution in [-0.2, 0) is 0 Å². The van der Waals surface area contributed by atoms with Crippen molar-refractivity contribution in [3.63, 3.8) is 0 Å². The van der Waals surface area contributed by atoms with E-state index in [9.17, 15) is 0 Å². The zero-order valence-corrected chi connectivity index (χ0v) is 14.7. The van der Waals surface area contributed by atoms with E-state index < -0.39 is 0 Å². The lowest BCUT2D eigenvalue weighted by Gasteiger charge is -2.20. The summed E-state index contributed by atoms with van der Waals surface area (Å²) in [6.45, 7) is 14.1. The summed E-state index contributed by atoms with van der Waals surface area (Å²) in [5.74, 6) is 1.11. The molecule has 0 saturated heterocycles. The average Bonchev–Trinajstić information content (AvgIpc) is 2.75. The van der Waals surface area contributed by atoms with Gasteiger partial charge in [0.25, 0.3) is 0 Å². The predicted octanol–water partition coefficient (Wildman–Crippen LogP) is 3.53. The van der Waals surface area contributed by atoms with Gasteiger partial charge in [0.2, 0.25) is 0 Å². The van der Waals surface area contributed by atoms with E-state index in [1.54, 1.807) is 0 Å². The molecule has 1 atom stereocenters. The summed E-state index contributed by atoms with van der Waals surface area (Å²) in [5.41, 5.74) is 4.30. The second kappa shape index (κ2) is 6.36. The number of nitrogens with one attached hydrogen (secondary N) is 1. The van der Waals surface area contributed by atoms with Crippen LogP contribution in [0.2, 0.25) is 0 Å². The molecule has 0 amide bonds. The highest BCUT2D eigenvalue weighted by Gasteiger charge is 2.14. The smallest absolute Gasteiger partial charge is 0.155 e. The number of aromatic nitrogens is 3. The molecule has 5 heteroatoms. The lowest BCUT2D eigenvalue weighted by molar-refractivity contribution is 0.588. The van der Waals surface area contributed by atoms with Crippen molar-refractivity contribution < 1.29 is 0 Å². The van der Waals surface area contributed by atoms with Gasteiger partial charge in [0.1, 0.15) is 0 Å². The molecule has 0 saturated carbocycles. The van der Waals surface area contributed by atoms with E-state index >= 15 is 0 Å². The van der Waals surface area contributed by atoms with Crippen LogP contribution in [0.1, 0.15) is 50.7 Å². The lowest BCUT2D eigenvalue weighted by Crippen LogP contribution is -2.24. The van der Waals surface area contributed by atoms with Gasteiger partial charge in [-0.25, -0.2) is 9.50 Å². The van der Waals surface area contributed by atoms with Crippen molar-refractivity contribution in [2.75, 3.05) is 12.3 Å². The molecule has 116 valence electrons. The lowest BCUT2D eigenvalue weighted by atomic mass is 10.1. The maximum absolute atomic E-state index is 4.51. The molecule has 0 spiro atoms. The summed E-state index contributed by atoms with van der Waals surface area (Å²) in [4.78, 5) is 4.51. The topological polar surface area (TPSA) is 42.2 Å². The van der Waals surface area contributed by atoms with E-state index in [0.29, 0.717) is 4.75 Å². The van der Waals surface area contributed by atoms with Crippen molar-refractivity contribution in [1.29, 1.82) is 0 Å². The molecule has 2 rings (SSSR count). The van der Waals surface area contributed by atoms with Crippen molar-refractivity contribution in [3.8, 4) is 0 Å². The van der Waals surface area contributed by atoms with E-state index in [1.807, 2.05) is 35.5 Å². The van der Waals surface area contributed by atoms with Crippen LogP contribution in [0, 0.1) is 13.8 Å². The van der Waals surface area contributed by atoms with Crippen LogP contribution in [0.5, 0.6) is 0 Å². The van der Waals surface area contributed by atoms with E-state index in [2.05, 4.69) is 50.0 Å². The van der Waals surface area contributed by atoms with Crippen LogP contribution in [0.4, 0.5) is 0 Å². The fraction of sp³-hybridized carbons (Fsp3) is 0.625. The quantitative estimate of drug-likeness (QED) is 0.858. The zero-order chi connectivity index (χ0) is 15.6. The van der Waals surface area contributed by atoms with Gasteiger partial charge in [-0.2, -0.15) is 16.9 Å². The van der Waals surface area contributed by atoms with Crippen LogP contribution in [0.3, 0.4) is 0 Å². The SMILES string of the molecule is Cc1cc2ncc(C(C)NCCSC(C)(C)C)c(C)n2n1. The summed E-state index contributed by atoms with van der Waals surface area (Å²) in [6, 6.07) is 2.29. The second-order valence-corrected chi connectivity index (χ2v) is 8.41. The molecule has 0 radical (unpaired) electrons. The molecule has 2 aromatic rings. The first-order valence-electron chi connectivity index (χ1n) is 7.47. The molecule has 0 aliphatic rings. The van der Waals surface area contributed by atoms with Crippen molar-refractivity contribution in [1.82, 2.24) is 19.9 Å². The summed E-state index contributed by atoms with van der Waals surface area (Å²) >= 11 is 1.99. The minimum Gasteiger partial charge on any atom is -0.309 e. The molecule has 0 bridgehead atoms. The van der Waals surface area contributed by atoms with Crippen molar-refractivity contribution in [2.24, 2.45) is 0 Å². The van der Waals surface area contributed by atoms with Gasteiger partial charge in [-0.05, 0) is 20.8 Å². The van der Waals surface area contributed by atoms with E-state index in [0.717, 1.165) is 29.3 Å². The Morgan fingerprint density at radius 3 is 2.71 bits per heavy atom. The normalized spacial score (nSPS) is 13.8. The summed E-state index contributed by atoms with van der Waals surface area (Å²) in [7, 11) is 0. The maximum Gasteiger partial charge on any atom is 0.155 e. The van der Waals surface area contributed by atoms with Crippen LogP contribution in [0.15, 0.2) is 12.3 Å². The third-order valence-electron chi connectivity index (χ3n) is 3.44. The number of thioether (sulfide) groups is 1. The summed E-state index contributed by atoms with van der Waals surface area (Å²) in [6.07, 6.45) is 1.97. The standard InChI is InChI=1S/C16H26N4S/c1-11-9-15-18-10-14(13(3)20(15)19-11)12(2)17-7-8-21-16(4,5)6/h9-10,12,17H,7-8H2,1-6H3. The van der Waals surface area contributed by atoms with Crippen LogP contribution in [-0.4, -0.2) is 31.6 Å². The Bertz CT molecular complexity index is 612. The number of nitrogens with zero attached hydrogens (tertiary/aromatic N) is 3. The van der Waals surface area contributed by atoms with Gasteiger partial charge >= 0.3 is 0 Å². The minimum atomic E-state index is 0.284. The fourth-order valence-corrected chi connectivity index (χ4v) is 3.18. The number of hydrogen-bond acceptors (Lipinski definition) is 4. The molecule has 2 aromatic heterocycles. The average molecular weight is 306 g/mol. The minimum absolute atomic E-state index is 0.284. The van der Waals surface area contributed by atoms with Gasteiger partial charge in [0, 0.05) is 46.6 Å². The van der Waals surface area contributed by atoms with Gasteiger partial charge in [0.15, 0.2) is 5.65 Å². The van der Waals surface area contributed by atoms with Crippen molar-refractivity contribution >= 4 is 17.4 Å². The molecule has 0 aliphatic carbocycles. The van der Waals surface area contributed by atoms with Crippen LogP contribution >= 0.6 is 11.8 Å². The van der Waals surface area contributed by atoms with E-state index in [4.69, 9.17) is 0 Å². The molecular formula is C16H26N4S. The van der Waals surface area contributed by atoms with Gasteiger partial charge in [-0.3, -0.25) is 0 Å². The number of aryl methyl sites for hydroxylation is 2. The second-order valence-electron chi connectivity index (χ2n) is 6.49. The maximum atomic E-state index is 4.51. The highest BCUT2D eigenvalue weighted by atomic mass is 32.2. The summed E-state index contributed by atoms with van der Waals surface area (Å²) < 4.78 is 2.26. The highest BCUT2D eigenvalue weighted by Crippen LogP contribution is 2.23. The predicted molar refractivity (Wildman–Crippen MR) is 91.1 cm³/mol. The Morgan fingerprint density at radius 1 is 1.33 bits per heavy atom. The van der Waals surface area contributed by atoms with Crippen LogP contribution < -0.4 is 5.32 Å². The molecular weight excluding hydrogens is 280 g/mol. The number of fused-ring (bicyclic) bond motifs is 1. The first-order valence-corrected chi connectivity index (χ1v) is 8.46.